The SMILES string of the molecule is CCc1nc2ccc(C(=O)Nc3cc(C)c(Cl)cc3OC)cn2c1C. The lowest BCUT2D eigenvalue weighted by Gasteiger charge is -2.12. The van der Waals surface area contributed by atoms with Crippen molar-refractivity contribution in [3.8, 4) is 5.75 Å². The topological polar surface area (TPSA) is 55.6 Å². The number of pyridine rings is 1. The van der Waals surface area contributed by atoms with Gasteiger partial charge in [0.15, 0.2) is 0 Å². The van der Waals surface area contributed by atoms with Crippen LogP contribution in [-0.4, -0.2) is 22.4 Å². The van der Waals surface area contributed by atoms with E-state index < -0.39 is 0 Å². The number of hydrogen-bond acceptors (Lipinski definition) is 3. The van der Waals surface area contributed by atoms with Gasteiger partial charge in [0.25, 0.3) is 5.91 Å². The largest absolute Gasteiger partial charge is 0.495 e. The lowest BCUT2D eigenvalue weighted by molar-refractivity contribution is 0.102. The number of imidazole rings is 1. The highest BCUT2D eigenvalue weighted by Gasteiger charge is 2.14. The summed E-state index contributed by atoms with van der Waals surface area (Å²) >= 11 is 6.11. The summed E-state index contributed by atoms with van der Waals surface area (Å²) in [4.78, 5) is 17.2. The summed E-state index contributed by atoms with van der Waals surface area (Å²) < 4.78 is 7.25. The van der Waals surface area contributed by atoms with E-state index in [0.717, 1.165) is 29.0 Å². The summed E-state index contributed by atoms with van der Waals surface area (Å²) in [6, 6.07) is 7.12. The van der Waals surface area contributed by atoms with Crippen molar-refractivity contribution in [2.75, 3.05) is 12.4 Å². The van der Waals surface area contributed by atoms with Crippen molar-refractivity contribution >= 4 is 28.8 Å². The Morgan fingerprint density at radius 2 is 2.08 bits per heavy atom. The first-order valence-electron chi connectivity index (χ1n) is 8.07. The number of fused-ring (bicyclic) bond motifs is 1. The second-order valence-electron chi connectivity index (χ2n) is 5.90. The minimum Gasteiger partial charge on any atom is -0.495 e. The third-order valence-electron chi connectivity index (χ3n) is 4.28. The van der Waals surface area contributed by atoms with E-state index in [0.29, 0.717) is 22.0 Å². The Balaban J connectivity index is 1.95. The number of carbonyl (C=O) groups is 1. The molecule has 2 aromatic heterocycles. The first kappa shape index (κ1) is 17.3. The van der Waals surface area contributed by atoms with Crippen molar-refractivity contribution < 1.29 is 9.53 Å². The molecule has 25 heavy (non-hydrogen) atoms. The van der Waals surface area contributed by atoms with Crippen molar-refractivity contribution in [1.82, 2.24) is 9.38 Å². The van der Waals surface area contributed by atoms with Crippen molar-refractivity contribution in [2.45, 2.75) is 27.2 Å². The molecule has 0 saturated carbocycles. The maximum Gasteiger partial charge on any atom is 0.257 e. The highest BCUT2D eigenvalue weighted by Crippen LogP contribution is 2.31. The number of nitrogens with zero attached hydrogens (tertiary/aromatic N) is 2. The Bertz CT molecular complexity index is 963. The molecule has 0 aliphatic rings. The normalized spacial score (nSPS) is 10.9. The van der Waals surface area contributed by atoms with Gasteiger partial charge < -0.3 is 14.5 Å². The Labute approximate surface area is 151 Å². The van der Waals surface area contributed by atoms with Crippen LogP contribution < -0.4 is 10.1 Å². The molecule has 0 bridgehead atoms. The molecule has 3 aromatic rings. The van der Waals surface area contributed by atoms with E-state index in [2.05, 4.69) is 17.2 Å². The molecule has 1 N–H and O–H groups in total. The molecule has 5 nitrogen and oxygen atoms in total. The standard InChI is InChI=1S/C19H20ClN3O2/c1-5-15-12(3)23-10-13(6-7-18(23)21-15)19(24)22-16-8-11(2)14(20)9-17(16)25-4/h6-10H,5H2,1-4H3,(H,22,24). The minimum atomic E-state index is -0.215. The number of ether oxygens (including phenoxy) is 1. The maximum absolute atomic E-state index is 12.7. The third-order valence-corrected chi connectivity index (χ3v) is 4.69. The van der Waals surface area contributed by atoms with Crippen LogP contribution in [0.15, 0.2) is 30.5 Å². The Morgan fingerprint density at radius 1 is 1.32 bits per heavy atom. The van der Waals surface area contributed by atoms with Gasteiger partial charge >= 0.3 is 0 Å². The van der Waals surface area contributed by atoms with Crippen LogP contribution in [0.25, 0.3) is 5.65 Å². The van der Waals surface area contributed by atoms with E-state index in [1.165, 1.54) is 0 Å². The first-order valence-corrected chi connectivity index (χ1v) is 8.45. The number of aryl methyl sites for hydroxylation is 3. The minimum absolute atomic E-state index is 0.215. The fourth-order valence-electron chi connectivity index (χ4n) is 2.80. The molecule has 6 heteroatoms. The molecule has 0 saturated heterocycles. The number of rotatable bonds is 4. The Kier molecular flexibility index (Phi) is 4.68. The number of aromatic nitrogens is 2. The van der Waals surface area contributed by atoms with Crippen LogP contribution in [0.3, 0.4) is 0 Å². The van der Waals surface area contributed by atoms with Gasteiger partial charge in [-0.15, -0.1) is 0 Å². The molecule has 1 aromatic carbocycles. The van der Waals surface area contributed by atoms with Gasteiger partial charge in [-0.25, -0.2) is 4.98 Å². The predicted octanol–water partition coefficient (Wildman–Crippen LogP) is 4.43. The molecule has 2 heterocycles. The smallest absolute Gasteiger partial charge is 0.257 e. The van der Waals surface area contributed by atoms with Gasteiger partial charge in [0.2, 0.25) is 0 Å². The second-order valence-corrected chi connectivity index (χ2v) is 6.31. The van der Waals surface area contributed by atoms with Crippen LogP contribution in [-0.2, 0) is 6.42 Å². The Hall–Kier alpha value is -2.53. The van der Waals surface area contributed by atoms with Crippen LogP contribution in [0.5, 0.6) is 5.75 Å². The maximum atomic E-state index is 12.7. The molecule has 0 unspecified atom stereocenters. The van der Waals surface area contributed by atoms with Gasteiger partial charge in [0, 0.05) is 23.0 Å². The zero-order chi connectivity index (χ0) is 18.1. The first-order chi connectivity index (χ1) is 11.9. The van der Waals surface area contributed by atoms with Gasteiger partial charge in [-0.05, 0) is 44.0 Å². The van der Waals surface area contributed by atoms with Crippen LogP contribution >= 0.6 is 11.6 Å². The van der Waals surface area contributed by atoms with Crippen LogP contribution in [0.1, 0.15) is 34.2 Å². The van der Waals surface area contributed by atoms with E-state index >= 15 is 0 Å². The van der Waals surface area contributed by atoms with Crippen molar-refractivity contribution in [3.05, 3.63) is 58.0 Å². The summed E-state index contributed by atoms with van der Waals surface area (Å²) in [6.07, 6.45) is 2.66. The third kappa shape index (κ3) is 3.20. The molecule has 3 rings (SSSR count). The van der Waals surface area contributed by atoms with Crippen molar-refractivity contribution in [2.24, 2.45) is 0 Å². The van der Waals surface area contributed by atoms with Gasteiger partial charge in [-0.3, -0.25) is 4.79 Å². The van der Waals surface area contributed by atoms with Crippen molar-refractivity contribution in [3.63, 3.8) is 0 Å². The van der Waals surface area contributed by atoms with Gasteiger partial charge in [0.1, 0.15) is 11.4 Å². The molecular weight excluding hydrogens is 338 g/mol. The van der Waals surface area contributed by atoms with E-state index in [1.54, 1.807) is 31.5 Å². The van der Waals surface area contributed by atoms with E-state index in [1.807, 2.05) is 24.3 Å². The summed E-state index contributed by atoms with van der Waals surface area (Å²) in [5.74, 6) is 0.310. The van der Waals surface area contributed by atoms with E-state index in [4.69, 9.17) is 16.3 Å². The summed E-state index contributed by atoms with van der Waals surface area (Å²) in [5, 5.41) is 3.49. The summed E-state index contributed by atoms with van der Waals surface area (Å²) in [7, 11) is 1.55. The zero-order valence-corrected chi connectivity index (χ0v) is 15.4. The van der Waals surface area contributed by atoms with Crippen LogP contribution in [0.2, 0.25) is 5.02 Å². The number of nitrogens with one attached hydrogen (secondary N) is 1. The molecule has 0 radical (unpaired) electrons. The van der Waals surface area contributed by atoms with Crippen LogP contribution in [0.4, 0.5) is 5.69 Å². The zero-order valence-electron chi connectivity index (χ0n) is 14.7. The number of benzene rings is 1. The Morgan fingerprint density at radius 3 is 2.76 bits per heavy atom. The molecule has 0 fully saturated rings. The van der Waals surface area contributed by atoms with Crippen molar-refractivity contribution in [1.29, 1.82) is 0 Å². The average molecular weight is 358 g/mol. The van der Waals surface area contributed by atoms with E-state index in [-0.39, 0.29) is 5.91 Å². The fourth-order valence-corrected chi connectivity index (χ4v) is 2.96. The number of amides is 1. The highest BCUT2D eigenvalue weighted by atomic mass is 35.5. The number of carbonyl (C=O) groups excluding carboxylic acids is 1. The monoisotopic (exact) mass is 357 g/mol. The van der Waals surface area contributed by atoms with E-state index in [9.17, 15) is 4.79 Å². The molecule has 0 atom stereocenters. The molecule has 0 aliphatic carbocycles. The predicted molar refractivity (Wildman–Crippen MR) is 100 cm³/mol. The molecule has 130 valence electrons. The second kappa shape index (κ2) is 6.76. The molecular formula is C19H20ClN3O2. The lowest BCUT2D eigenvalue weighted by atomic mass is 10.2. The molecule has 0 aliphatic heterocycles. The lowest BCUT2D eigenvalue weighted by Crippen LogP contribution is -2.13. The quantitative estimate of drug-likeness (QED) is 0.751. The number of halogens is 1. The van der Waals surface area contributed by atoms with Gasteiger partial charge in [-0.2, -0.15) is 0 Å². The number of methoxy groups -OCH3 is 1. The number of hydrogen-bond donors (Lipinski definition) is 1. The van der Waals surface area contributed by atoms with Gasteiger partial charge in [-0.1, -0.05) is 18.5 Å². The summed E-state index contributed by atoms with van der Waals surface area (Å²) in [5.41, 5.74) is 4.92. The highest BCUT2D eigenvalue weighted by molar-refractivity contribution is 6.31. The summed E-state index contributed by atoms with van der Waals surface area (Å²) in [6.45, 7) is 5.95. The van der Waals surface area contributed by atoms with Crippen LogP contribution in [0, 0.1) is 13.8 Å². The fraction of sp³-hybridized carbons (Fsp3) is 0.263. The molecule has 0 spiro atoms. The number of anilines is 1. The molecule has 1 amide bonds. The average Bonchev–Trinajstić information content (AvgIpc) is 2.93. The van der Waals surface area contributed by atoms with Gasteiger partial charge in [0.05, 0.1) is 24.1 Å².